The first-order valence-corrected chi connectivity index (χ1v) is 6.41. The minimum Gasteiger partial charge on any atom is -0.216 e. The van der Waals surface area contributed by atoms with E-state index in [1.54, 1.807) is 0 Å². The molecule has 0 saturated carbocycles. The zero-order chi connectivity index (χ0) is 11.3. The molecule has 0 unspecified atom stereocenters. The van der Waals surface area contributed by atoms with Crippen LogP contribution in [0, 0.1) is 0 Å². The molecule has 0 aromatic heterocycles. The maximum atomic E-state index is 10.6. The zero-order valence-corrected chi connectivity index (χ0v) is 9.55. The van der Waals surface area contributed by atoms with Crippen molar-refractivity contribution in [1.29, 1.82) is 0 Å². The molecule has 0 aliphatic rings. The molecule has 0 spiro atoms. The van der Waals surface area contributed by atoms with Crippen molar-refractivity contribution in [2.24, 2.45) is 5.14 Å². The lowest BCUT2D eigenvalue weighted by Crippen LogP contribution is -2.32. The number of aryl methyl sites for hydroxylation is 1. The summed E-state index contributed by atoms with van der Waals surface area (Å²) in [5, 5.41) is 4.81. The average molecular weight is 228 g/mol. The molecular formula is C10H16N2O2S. The topological polar surface area (TPSA) is 72.2 Å². The molecule has 1 aromatic carbocycles. The van der Waals surface area contributed by atoms with Crippen molar-refractivity contribution in [2.75, 3.05) is 6.54 Å². The number of nitrogens with two attached hydrogens (primary N) is 1. The van der Waals surface area contributed by atoms with E-state index in [0.717, 1.165) is 12.0 Å². The van der Waals surface area contributed by atoms with Crippen LogP contribution in [0.5, 0.6) is 0 Å². The molecule has 4 nitrogen and oxygen atoms in total. The monoisotopic (exact) mass is 228 g/mol. The maximum Gasteiger partial charge on any atom is 0.274 e. The Bertz CT molecular complexity index is 398. The average Bonchev–Trinajstić information content (AvgIpc) is 2.17. The van der Waals surface area contributed by atoms with Gasteiger partial charge < -0.3 is 0 Å². The summed E-state index contributed by atoms with van der Waals surface area (Å²) in [5.74, 6) is 0. The van der Waals surface area contributed by atoms with Crippen molar-refractivity contribution in [2.45, 2.75) is 19.8 Å². The molecular weight excluding hydrogens is 212 g/mol. The quantitative estimate of drug-likeness (QED) is 0.774. The van der Waals surface area contributed by atoms with E-state index in [1.807, 2.05) is 24.3 Å². The van der Waals surface area contributed by atoms with Gasteiger partial charge in [-0.3, -0.25) is 0 Å². The second-order valence-electron chi connectivity index (χ2n) is 3.36. The third kappa shape index (κ3) is 4.92. The van der Waals surface area contributed by atoms with Crippen LogP contribution >= 0.6 is 0 Å². The zero-order valence-electron chi connectivity index (χ0n) is 8.73. The fourth-order valence-electron chi connectivity index (χ4n) is 1.28. The van der Waals surface area contributed by atoms with Crippen LogP contribution in [0.4, 0.5) is 0 Å². The third-order valence-electron chi connectivity index (χ3n) is 2.15. The molecule has 15 heavy (non-hydrogen) atoms. The van der Waals surface area contributed by atoms with Gasteiger partial charge in [-0.05, 0) is 24.0 Å². The number of rotatable bonds is 5. The molecule has 0 saturated heterocycles. The summed E-state index contributed by atoms with van der Waals surface area (Å²) in [5.41, 5.74) is 2.38. The molecule has 3 N–H and O–H groups in total. The van der Waals surface area contributed by atoms with Gasteiger partial charge >= 0.3 is 0 Å². The second kappa shape index (κ2) is 5.25. The van der Waals surface area contributed by atoms with Gasteiger partial charge in [-0.2, -0.15) is 8.42 Å². The standard InChI is InChI=1S/C10H16N2O2S/c1-2-9-3-5-10(6-4-9)7-8-12-15(11,13)14/h3-6,12H,2,7-8H2,1H3,(H2,11,13,14). The summed E-state index contributed by atoms with van der Waals surface area (Å²) in [6.07, 6.45) is 1.66. The highest BCUT2D eigenvalue weighted by Gasteiger charge is 2.00. The van der Waals surface area contributed by atoms with E-state index in [2.05, 4.69) is 11.6 Å². The predicted octanol–water partition coefficient (Wildman–Crippen LogP) is 0.585. The molecule has 0 heterocycles. The fourth-order valence-corrected chi connectivity index (χ4v) is 1.67. The van der Waals surface area contributed by atoms with Gasteiger partial charge in [-0.15, -0.1) is 0 Å². The highest BCUT2D eigenvalue weighted by atomic mass is 32.2. The maximum absolute atomic E-state index is 10.6. The summed E-state index contributed by atoms with van der Waals surface area (Å²) in [7, 11) is -3.56. The van der Waals surface area contributed by atoms with Crippen molar-refractivity contribution in [1.82, 2.24) is 4.72 Å². The summed E-state index contributed by atoms with van der Waals surface area (Å²) >= 11 is 0. The van der Waals surface area contributed by atoms with Crippen LogP contribution < -0.4 is 9.86 Å². The summed E-state index contributed by atoms with van der Waals surface area (Å²) in [6, 6.07) is 8.10. The van der Waals surface area contributed by atoms with Crippen LogP contribution in [0.25, 0.3) is 0 Å². The number of hydrogen-bond donors (Lipinski definition) is 2. The lowest BCUT2D eigenvalue weighted by molar-refractivity contribution is 0.583. The summed E-state index contributed by atoms with van der Waals surface area (Å²) < 4.78 is 23.4. The SMILES string of the molecule is CCc1ccc(CCNS(N)(=O)=O)cc1. The molecule has 5 heteroatoms. The largest absolute Gasteiger partial charge is 0.274 e. The Morgan fingerprint density at radius 2 is 1.73 bits per heavy atom. The van der Waals surface area contributed by atoms with Crippen LogP contribution in [0.1, 0.15) is 18.1 Å². The Morgan fingerprint density at radius 3 is 2.20 bits per heavy atom. The summed E-state index contributed by atoms with van der Waals surface area (Å²) in [4.78, 5) is 0. The van der Waals surface area contributed by atoms with E-state index >= 15 is 0 Å². The normalized spacial score (nSPS) is 11.6. The highest BCUT2D eigenvalue weighted by Crippen LogP contribution is 2.05. The minimum atomic E-state index is -3.56. The van der Waals surface area contributed by atoms with E-state index in [0.29, 0.717) is 13.0 Å². The molecule has 0 amide bonds. The van der Waals surface area contributed by atoms with Gasteiger partial charge in [0.25, 0.3) is 10.2 Å². The Kier molecular flexibility index (Phi) is 4.26. The van der Waals surface area contributed by atoms with Gasteiger partial charge in [0.1, 0.15) is 0 Å². The van der Waals surface area contributed by atoms with Crippen LogP contribution in [-0.2, 0) is 23.1 Å². The van der Waals surface area contributed by atoms with E-state index in [9.17, 15) is 8.42 Å². The van der Waals surface area contributed by atoms with Crippen LogP contribution in [0.15, 0.2) is 24.3 Å². The smallest absolute Gasteiger partial charge is 0.216 e. The van der Waals surface area contributed by atoms with Gasteiger partial charge in [-0.1, -0.05) is 31.2 Å². The first-order valence-electron chi connectivity index (χ1n) is 4.86. The van der Waals surface area contributed by atoms with E-state index in [-0.39, 0.29) is 0 Å². The van der Waals surface area contributed by atoms with E-state index in [1.165, 1.54) is 5.56 Å². The Hall–Kier alpha value is -0.910. The molecule has 84 valence electrons. The first kappa shape index (κ1) is 12.2. The molecule has 0 bridgehead atoms. The predicted molar refractivity (Wildman–Crippen MR) is 60.6 cm³/mol. The molecule has 0 fully saturated rings. The summed E-state index contributed by atoms with van der Waals surface area (Å²) in [6.45, 7) is 2.43. The molecule has 0 aliphatic carbocycles. The van der Waals surface area contributed by atoms with E-state index < -0.39 is 10.2 Å². The van der Waals surface area contributed by atoms with Crippen molar-refractivity contribution < 1.29 is 8.42 Å². The number of benzene rings is 1. The highest BCUT2D eigenvalue weighted by molar-refractivity contribution is 7.87. The van der Waals surface area contributed by atoms with E-state index in [4.69, 9.17) is 5.14 Å². The molecule has 0 aliphatic heterocycles. The van der Waals surface area contributed by atoms with Crippen LogP contribution in [-0.4, -0.2) is 15.0 Å². The Labute approximate surface area is 90.7 Å². The van der Waals surface area contributed by atoms with Crippen molar-refractivity contribution in [3.8, 4) is 0 Å². The third-order valence-corrected chi connectivity index (χ3v) is 2.75. The van der Waals surface area contributed by atoms with Crippen LogP contribution in [0.3, 0.4) is 0 Å². The fraction of sp³-hybridized carbons (Fsp3) is 0.400. The Balaban J connectivity index is 2.45. The van der Waals surface area contributed by atoms with Gasteiger partial charge in [-0.25, -0.2) is 9.86 Å². The Morgan fingerprint density at radius 1 is 1.20 bits per heavy atom. The molecule has 0 radical (unpaired) electrons. The second-order valence-corrected chi connectivity index (χ2v) is 4.74. The minimum absolute atomic E-state index is 0.338. The van der Waals surface area contributed by atoms with Gasteiger partial charge in [0, 0.05) is 6.54 Å². The van der Waals surface area contributed by atoms with Gasteiger partial charge in [0.2, 0.25) is 0 Å². The first-order chi connectivity index (χ1) is 7.01. The molecule has 1 rings (SSSR count). The number of hydrogen-bond acceptors (Lipinski definition) is 2. The van der Waals surface area contributed by atoms with Crippen molar-refractivity contribution in [3.05, 3.63) is 35.4 Å². The van der Waals surface area contributed by atoms with Crippen molar-refractivity contribution >= 4 is 10.2 Å². The molecule has 0 atom stereocenters. The lowest BCUT2D eigenvalue weighted by Gasteiger charge is -2.03. The molecule has 1 aromatic rings. The van der Waals surface area contributed by atoms with Gasteiger partial charge in [0.05, 0.1) is 0 Å². The number of nitrogens with one attached hydrogen (secondary N) is 1. The lowest BCUT2D eigenvalue weighted by atomic mass is 10.1. The van der Waals surface area contributed by atoms with Crippen molar-refractivity contribution in [3.63, 3.8) is 0 Å². The van der Waals surface area contributed by atoms with Crippen LogP contribution in [0.2, 0.25) is 0 Å². The van der Waals surface area contributed by atoms with Gasteiger partial charge in [0.15, 0.2) is 0 Å².